The number of benzene rings is 1. The first-order valence-corrected chi connectivity index (χ1v) is 9.35. The van der Waals surface area contributed by atoms with Crippen LogP contribution < -0.4 is 5.32 Å². The van der Waals surface area contributed by atoms with E-state index < -0.39 is 15.9 Å². The van der Waals surface area contributed by atoms with Crippen molar-refractivity contribution in [1.82, 2.24) is 0 Å². The van der Waals surface area contributed by atoms with Crippen molar-refractivity contribution in [3.8, 4) is 0 Å². The molecule has 0 bridgehead atoms. The average Bonchev–Trinajstić information content (AvgIpc) is 2.46. The van der Waals surface area contributed by atoms with Gasteiger partial charge in [-0.05, 0) is 24.5 Å². The molecule has 0 saturated heterocycles. The fraction of sp³-hybridized carbons (Fsp3) is 0.625. The maximum Gasteiger partial charge on any atom is 0.180 e. The number of hydrogen-bond donors (Lipinski definition) is 2. The molecule has 0 aromatic heterocycles. The molecule has 0 spiro atoms. The van der Waals surface area contributed by atoms with E-state index in [0.29, 0.717) is 23.5 Å². The summed E-state index contributed by atoms with van der Waals surface area (Å²) in [7, 11) is -3.26. The normalized spacial score (nSPS) is 13.4. The van der Waals surface area contributed by atoms with Gasteiger partial charge in [-0.25, -0.2) is 8.42 Å². The van der Waals surface area contributed by atoms with Crippen LogP contribution >= 0.6 is 0 Å². The summed E-state index contributed by atoms with van der Waals surface area (Å²) in [6.07, 6.45) is 1.94. The van der Waals surface area contributed by atoms with Crippen molar-refractivity contribution in [3.63, 3.8) is 0 Å². The molecular weight excluding hydrogens is 286 g/mol. The first-order chi connectivity index (χ1) is 9.96. The van der Waals surface area contributed by atoms with Gasteiger partial charge in [-0.3, -0.25) is 0 Å². The number of para-hydroxylation sites is 1. The highest BCUT2D eigenvalue weighted by Crippen LogP contribution is 2.23. The number of aliphatic hydroxyl groups is 1. The molecule has 0 saturated carbocycles. The Kier molecular flexibility index (Phi) is 7.18. The summed E-state index contributed by atoms with van der Waals surface area (Å²) in [5.41, 5.74) is 0.580. The first-order valence-electron chi connectivity index (χ1n) is 7.69. The third-order valence-electron chi connectivity index (χ3n) is 3.79. The molecule has 1 unspecified atom stereocenters. The van der Waals surface area contributed by atoms with E-state index in [1.807, 2.05) is 6.92 Å². The van der Waals surface area contributed by atoms with E-state index in [2.05, 4.69) is 19.2 Å². The Morgan fingerprint density at radius 3 is 2.33 bits per heavy atom. The van der Waals surface area contributed by atoms with Gasteiger partial charge in [0.1, 0.15) is 0 Å². The second-order valence-electron chi connectivity index (χ2n) is 5.34. The summed E-state index contributed by atoms with van der Waals surface area (Å²) >= 11 is 0. The lowest BCUT2D eigenvalue weighted by Gasteiger charge is -2.21. The Balaban J connectivity index is 2.86. The fourth-order valence-corrected chi connectivity index (χ4v) is 4.00. The number of hydrogen-bond acceptors (Lipinski definition) is 4. The van der Waals surface area contributed by atoms with Crippen LogP contribution in [0.25, 0.3) is 0 Å². The highest BCUT2D eigenvalue weighted by Gasteiger charge is 2.19. The fourth-order valence-electron chi connectivity index (χ4n) is 2.48. The molecule has 21 heavy (non-hydrogen) atoms. The van der Waals surface area contributed by atoms with Crippen LogP contribution in [0.2, 0.25) is 0 Å². The second kappa shape index (κ2) is 8.39. The second-order valence-corrected chi connectivity index (χ2v) is 7.42. The summed E-state index contributed by atoms with van der Waals surface area (Å²) in [5.74, 6) is 0.373. The highest BCUT2D eigenvalue weighted by atomic mass is 32.2. The zero-order chi connectivity index (χ0) is 15.9. The monoisotopic (exact) mass is 313 g/mol. The van der Waals surface area contributed by atoms with Gasteiger partial charge in [0.25, 0.3) is 0 Å². The maximum absolute atomic E-state index is 12.2. The van der Waals surface area contributed by atoms with Gasteiger partial charge in [-0.2, -0.15) is 0 Å². The highest BCUT2D eigenvalue weighted by molar-refractivity contribution is 7.91. The molecule has 0 aliphatic rings. The van der Waals surface area contributed by atoms with E-state index in [1.165, 1.54) is 0 Å². The van der Waals surface area contributed by atoms with Crippen LogP contribution in [0.1, 0.15) is 40.0 Å². The SMILES string of the molecule is CCCS(=O)(=O)c1ccccc1NCC(O)C(CC)CC. The molecule has 1 aromatic rings. The molecule has 1 atom stereocenters. The van der Waals surface area contributed by atoms with Crippen molar-refractivity contribution in [2.75, 3.05) is 17.6 Å². The largest absolute Gasteiger partial charge is 0.391 e. The number of aliphatic hydroxyl groups excluding tert-OH is 1. The topological polar surface area (TPSA) is 66.4 Å². The molecule has 0 aliphatic heterocycles. The lowest BCUT2D eigenvalue weighted by atomic mass is 9.96. The summed E-state index contributed by atoms with van der Waals surface area (Å²) in [4.78, 5) is 0.323. The van der Waals surface area contributed by atoms with Crippen LogP contribution in [-0.2, 0) is 9.84 Å². The van der Waals surface area contributed by atoms with Crippen LogP contribution in [0, 0.1) is 5.92 Å². The van der Waals surface area contributed by atoms with Crippen molar-refractivity contribution in [3.05, 3.63) is 24.3 Å². The van der Waals surface area contributed by atoms with Crippen molar-refractivity contribution in [2.45, 2.75) is 51.0 Å². The van der Waals surface area contributed by atoms with E-state index in [1.54, 1.807) is 24.3 Å². The quantitative estimate of drug-likeness (QED) is 0.735. The Labute approximate surface area is 128 Å². The third-order valence-corrected chi connectivity index (χ3v) is 5.76. The minimum Gasteiger partial charge on any atom is -0.391 e. The zero-order valence-corrected chi connectivity index (χ0v) is 14.0. The minimum absolute atomic E-state index is 0.140. The Morgan fingerprint density at radius 1 is 1.14 bits per heavy atom. The number of sulfone groups is 1. The lowest BCUT2D eigenvalue weighted by Crippen LogP contribution is -2.28. The first kappa shape index (κ1) is 18.0. The molecule has 0 aliphatic carbocycles. The van der Waals surface area contributed by atoms with Gasteiger partial charge >= 0.3 is 0 Å². The van der Waals surface area contributed by atoms with Gasteiger partial charge in [-0.1, -0.05) is 45.7 Å². The summed E-state index contributed by atoms with van der Waals surface area (Å²) < 4.78 is 24.5. The van der Waals surface area contributed by atoms with Crippen LogP contribution in [0.15, 0.2) is 29.2 Å². The molecule has 5 heteroatoms. The molecular formula is C16H27NO3S. The smallest absolute Gasteiger partial charge is 0.180 e. The van der Waals surface area contributed by atoms with Gasteiger partial charge in [0, 0.05) is 6.54 Å². The van der Waals surface area contributed by atoms with E-state index in [-0.39, 0.29) is 11.7 Å². The van der Waals surface area contributed by atoms with Gasteiger partial charge in [0.2, 0.25) is 0 Å². The van der Waals surface area contributed by atoms with Crippen molar-refractivity contribution < 1.29 is 13.5 Å². The minimum atomic E-state index is -3.26. The van der Waals surface area contributed by atoms with Crippen molar-refractivity contribution in [1.29, 1.82) is 0 Å². The predicted molar refractivity (Wildman–Crippen MR) is 87.4 cm³/mol. The average molecular weight is 313 g/mol. The molecule has 1 rings (SSSR count). The Bertz CT molecular complexity index is 524. The van der Waals surface area contributed by atoms with E-state index >= 15 is 0 Å². The third kappa shape index (κ3) is 5.00. The summed E-state index contributed by atoms with van der Waals surface area (Å²) in [6, 6.07) is 6.90. The van der Waals surface area contributed by atoms with Crippen LogP contribution in [-0.4, -0.2) is 31.9 Å². The van der Waals surface area contributed by atoms with E-state index in [9.17, 15) is 13.5 Å². The number of anilines is 1. The molecule has 1 aromatic carbocycles. The van der Waals surface area contributed by atoms with E-state index in [4.69, 9.17) is 0 Å². The molecule has 0 amide bonds. The predicted octanol–water partition coefficient (Wildman–Crippen LogP) is 3.08. The molecule has 0 radical (unpaired) electrons. The van der Waals surface area contributed by atoms with Crippen molar-refractivity contribution in [2.24, 2.45) is 5.92 Å². The molecule has 0 heterocycles. The zero-order valence-electron chi connectivity index (χ0n) is 13.2. The molecule has 4 nitrogen and oxygen atoms in total. The van der Waals surface area contributed by atoms with Gasteiger partial charge < -0.3 is 10.4 Å². The molecule has 0 fully saturated rings. The standard InChI is InChI=1S/C16H27NO3S/c1-4-11-21(19,20)16-10-8-7-9-14(16)17-12-15(18)13(5-2)6-3/h7-10,13,15,17-18H,4-6,11-12H2,1-3H3. The Morgan fingerprint density at radius 2 is 1.76 bits per heavy atom. The maximum atomic E-state index is 12.2. The van der Waals surface area contributed by atoms with Gasteiger partial charge in [-0.15, -0.1) is 0 Å². The summed E-state index contributed by atoms with van der Waals surface area (Å²) in [5, 5.41) is 13.3. The van der Waals surface area contributed by atoms with Crippen molar-refractivity contribution >= 4 is 15.5 Å². The van der Waals surface area contributed by atoms with Gasteiger partial charge in [0.05, 0.1) is 22.4 Å². The Hall–Kier alpha value is -1.07. The molecule has 2 N–H and O–H groups in total. The van der Waals surface area contributed by atoms with Gasteiger partial charge in [0.15, 0.2) is 9.84 Å². The number of nitrogens with one attached hydrogen (secondary N) is 1. The number of rotatable bonds is 9. The van der Waals surface area contributed by atoms with E-state index in [0.717, 1.165) is 12.8 Å². The summed E-state index contributed by atoms with van der Waals surface area (Å²) in [6.45, 7) is 6.32. The lowest BCUT2D eigenvalue weighted by molar-refractivity contribution is 0.114. The van der Waals surface area contributed by atoms with Crippen LogP contribution in [0.3, 0.4) is 0 Å². The molecule has 120 valence electrons. The van der Waals surface area contributed by atoms with Crippen LogP contribution in [0.4, 0.5) is 5.69 Å². The van der Waals surface area contributed by atoms with Crippen LogP contribution in [0.5, 0.6) is 0 Å².